The van der Waals surface area contributed by atoms with Crippen LogP contribution in [0.2, 0.25) is 0 Å². The van der Waals surface area contributed by atoms with E-state index in [1.807, 2.05) is 0 Å². The van der Waals surface area contributed by atoms with E-state index in [1.165, 1.54) is 6.92 Å². The minimum Gasteiger partial charge on any atom is -0.497 e. The van der Waals surface area contributed by atoms with Gasteiger partial charge in [0.15, 0.2) is 5.78 Å². The van der Waals surface area contributed by atoms with E-state index in [0.29, 0.717) is 11.3 Å². The number of hydrogen-bond acceptors (Lipinski definition) is 3. The maximum atomic E-state index is 12.1. The first-order valence-electron chi connectivity index (χ1n) is 5.66. The molecule has 1 rings (SSSR count). The highest BCUT2D eigenvalue weighted by Crippen LogP contribution is 2.20. The first-order valence-corrected chi connectivity index (χ1v) is 5.66. The summed E-state index contributed by atoms with van der Waals surface area (Å²) in [6, 6.07) is 6.95. The van der Waals surface area contributed by atoms with Crippen LogP contribution in [0, 0.1) is 11.8 Å². The monoisotopic (exact) mass is 234 g/mol. The Labute approximate surface area is 102 Å². The molecule has 0 saturated heterocycles. The lowest BCUT2D eigenvalue weighted by Gasteiger charge is -2.16. The van der Waals surface area contributed by atoms with Crippen LogP contribution in [0.25, 0.3) is 0 Å². The maximum absolute atomic E-state index is 12.1. The van der Waals surface area contributed by atoms with Crippen molar-refractivity contribution in [2.24, 2.45) is 11.8 Å². The van der Waals surface area contributed by atoms with Gasteiger partial charge in [0, 0.05) is 17.4 Å². The van der Waals surface area contributed by atoms with E-state index < -0.39 is 0 Å². The normalized spacial score (nSPS) is 13.9. The number of carbonyl (C=O) groups excluding carboxylic acids is 2. The van der Waals surface area contributed by atoms with Gasteiger partial charge in [0.1, 0.15) is 11.5 Å². The van der Waals surface area contributed by atoms with E-state index in [2.05, 4.69) is 0 Å². The number of benzene rings is 1. The molecule has 92 valence electrons. The van der Waals surface area contributed by atoms with Crippen LogP contribution < -0.4 is 4.74 Å². The molecule has 0 aromatic heterocycles. The van der Waals surface area contributed by atoms with E-state index in [1.54, 1.807) is 45.2 Å². The summed E-state index contributed by atoms with van der Waals surface area (Å²) in [5.41, 5.74) is 0.617. The molecule has 2 atom stereocenters. The summed E-state index contributed by atoms with van der Waals surface area (Å²) in [6.07, 6.45) is 0. The van der Waals surface area contributed by atoms with Crippen molar-refractivity contribution in [3.63, 3.8) is 0 Å². The molecular weight excluding hydrogens is 216 g/mol. The van der Waals surface area contributed by atoms with Crippen LogP contribution in [0.3, 0.4) is 0 Å². The van der Waals surface area contributed by atoms with Crippen molar-refractivity contribution in [2.75, 3.05) is 7.11 Å². The lowest BCUT2D eigenvalue weighted by Crippen LogP contribution is -2.24. The molecular formula is C14H18O3. The molecule has 1 aromatic carbocycles. The van der Waals surface area contributed by atoms with Crippen molar-refractivity contribution in [3.05, 3.63) is 29.8 Å². The van der Waals surface area contributed by atoms with E-state index in [9.17, 15) is 9.59 Å². The van der Waals surface area contributed by atoms with Crippen LogP contribution in [0.5, 0.6) is 5.75 Å². The fraction of sp³-hybridized carbons (Fsp3) is 0.429. The third kappa shape index (κ3) is 3.16. The summed E-state index contributed by atoms with van der Waals surface area (Å²) in [6.45, 7) is 5.09. The molecule has 1 aromatic rings. The van der Waals surface area contributed by atoms with Crippen molar-refractivity contribution in [3.8, 4) is 5.75 Å². The Morgan fingerprint density at radius 2 is 1.59 bits per heavy atom. The predicted molar refractivity (Wildman–Crippen MR) is 66.3 cm³/mol. The van der Waals surface area contributed by atoms with Crippen molar-refractivity contribution in [2.45, 2.75) is 20.8 Å². The van der Waals surface area contributed by atoms with Crippen LogP contribution in [-0.4, -0.2) is 18.7 Å². The molecule has 0 amide bonds. The Balaban J connectivity index is 2.85. The third-order valence-corrected chi connectivity index (χ3v) is 3.18. The Bertz CT molecular complexity index is 406. The smallest absolute Gasteiger partial charge is 0.166 e. The minimum absolute atomic E-state index is 0.00430. The number of methoxy groups -OCH3 is 1. The SMILES string of the molecule is COc1ccc(C(=O)[C@H](C)[C@@H](C)C(C)=O)cc1. The van der Waals surface area contributed by atoms with Gasteiger partial charge in [-0.2, -0.15) is 0 Å². The third-order valence-electron chi connectivity index (χ3n) is 3.18. The lowest BCUT2D eigenvalue weighted by atomic mass is 9.86. The highest BCUT2D eigenvalue weighted by atomic mass is 16.5. The molecule has 0 radical (unpaired) electrons. The summed E-state index contributed by atoms with van der Waals surface area (Å²) in [5.74, 6) is 0.217. The van der Waals surface area contributed by atoms with Crippen LogP contribution >= 0.6 is 0 Å². The quantitative estimate of drug-likeness (QED) is 0.736. The molecule has 3 heteroatoms. The molecule has 0 heterocycles. The standard InChI is InChI=1S/C14H18O3/c1-9(11(3)15)10(2)14(16)12-5-7-13(17-4)8-6-12/h5-10H,1-4H3/t9-,10-/m1/s1. The van der Waals surface area contributed by atoms with Crippen LogP contribution in [-0.2, 0) is 4.79 Å². The van der Waals surface area contributed by atoms with E-state index in [0.717, 1.165) is 0 Å². The van der Waals surface area contributed by atoms with Gasteiger partial charge in [0.2, 0.25) is 0 Å². The topological polar surface area (TPSA) is 43.4 Å². The van der Waals surface area contributed by atoms with Crippen LogP contribution in [0.15, 0.2) is 24.3 Å². The summed E-state index contributed by atoms with van der Waals surface area (Å²) >= 11 is 0. The van der Waals surface area contributed by atoms with Crippen molar-refractivity contribution < 1.29 is 14.3 Å². The molecule has 17 heavy (non-hydrogen) atoms. The molecule has 0 aliphatic carbocycles. The maximum Gasteiger partial charge on any atom is 0.166 e. The van der Waals surface area contributed by atoms with Crippen LogP contribution in [0.4, 0.5) is 0 Å². The molecule has 3 nitrogen and oxygen atoms in total. The van der Waals surface area contributed by atoms with Gasteiger partial charge in [-0.15, -0.1) is 0 Å². The number of rotatable bonds is 5. The van der Waals surface area contributed by atoms with Gasteiger partial charge in [-0.3, -0.25) is 9.59 Å². The minimum atomic E-state index is -0.291. The van der Waals surface area contributed by atoms with E-state index in [4.69, 9.17) is 4.74 Å². The average Bonchev–Trinajstić information content (AvgIpc) is 2.36. The van der Waals surface area contributed by atoms with Gasteiger partial charge in [0.05, 0.1) is 7.11 Å². The van der Waals surface area contributed by atoms with E-state index >= 15 is 0 Å². The number of ketones is 2. The second kappa shape index (κ2) is 5.62. The van der Waals surface area contributed by atoms with Gasteiger partial charge in [0.25, 0.3) is 0 Å². The van der Waals surface area contributed by atoms with E-state index in [-0.39, 0.29) is 23.4 Å². The zero-order valence-electron chi connectivity index (χ0n) is 10.7. The Kier molecular flexibility index (Phi) is 4.44. The van der Waals surface area contributed by atoms with Crippen molar-refractivity contribution in [1.82, 2.24) is 0 Å². The van der Waals surface area contributed by atoms with Gasteiger partial charge >= 0.3 is 0 Å². The summed E-state index contributed by atoms with van der Waals surface area (Å²) < 4.78 is 5.03. The Morgan fingerprint density at radius 1 is 1.06 bits per heavy atom. The first-order chi connectivity index (χ1) is 7.97. The molecule has 0 saturated carbocycles. The fourth-order valence-electron chi connectivity index (χ4n) is 1.60. The summed E-state index contributed by atoms with van der Waals surface area (Å²) in [7, 11) is 1.58. The first kappa shape index (κ1) is 13.4. The summed E-state index contributed by atoms with van der Waals surface area (Å²) in [5, 5.41) is 0. The number of Topliss-reactive ketones (excluding diaryl/α,β-unsaturated/α-hetero) is 2. The second-order valence-electron chi connectivity index (χ2n) is 4.28. The zero-order valence-corrected chi connectivity index (χ0v) is 10.7. The fourth-order valence-corrected chi connectivity index (χ4v) is 1.60. The number of hydrogen-bond donors (Lipinski definition) is 0. The van der Waals surface area contributed by atoms with Gasteiger partial charge < -0.3 is 4.74 Å². The van der Waals surface area contributed by atoms with Gasteiger partial charge in [-0.05, 0) is 31.2 Å². The Hall–Kier alpha value is -1.64. The largest absolute Gasteiger partial charge is 0.497 e. The second-order valence-corrected chi connectivity index (χ2v) is 4.28. The molecule has 0 N–H and O–H groups in total. The average molecular weight is 234 g/mol. The zero-order chi connectivity index (χ0) is 13.0. The van der Waals surface area contributed by atoms with Crippen LogP contribution in [0.1, 0.15) is 31.1 Å². The molecule has 0 aliphatic heterocycles. The van der Waals surface area contributed by atoms with Crippen molar-refractivity contribution >= 4 is 11.6 Å². The molecule has 0 fully saturated rings. The van der Waals surface area contributed by atoms with Gasteiger partial charge in [-0.25, -0.2) is 0 Å². The highest BCUT2D eigenvalue weighted by Gasteiger charge is 2.24. The van der Waals surface area contributed by atoms with Gasteiger partial charge in [-0.1, -0.05) is 13.8 Å². The molecule has 0 aliphatic rings. The van der Waals surface area contributed by atoms with Crippen molar-refractivity contribution in [1.29, 1.82) is 0 Å². The molecule has 0 unspecified atom stereocenters. The predicted octanol–water partition coefficient (Wildman–Crippen LogP) is 2.74. The number of carbonyl (C=O) groups is 2. The summed E-state index contributed by atoms with van der Waals surface area (Å²) in [4.78, 5) is 23.3. The lowest BCUT2D eigenvalue weighted by molar-refractivity contribution is -0.121. The highest BCUT2D eigenvalue weighted by molar-refractivity contribution is 6.00. The molecule has 0 bridgehead atoms. The number of ether oxygens (including phenoxy) is 1. The molecule has 0 spiro atoms. The Morgan fingerprint density at radius 3 is 2.00 bits per heavy atom.